The Morgan fingerprint density at radius 3 is 2.53 bits per heavy atom. The van der Waals surface area contributed by atoms with Crippen molar-refractivity contribution in [1.82, 2.24) is 9.36 Å². The van der Waals surface area contributed by atoms with Crippen molar-refractivity contribution < 1.29 is 0 Å². The van der Waals surface area contributed by atoms with Gasteiger partial charge >= 0.3 is 0 Å². The average Bonchev–Trinajstić information content (AvgIpc) is 2.53. The monoisotopic (exact) mass is 259 g/mol. The molecule has 0 fully saturated rings. The minimum Gasteiger partial charge on any atom is -0.393 e. The lowest BCUT2D eigenvalue weighted by atomic mass is 10.1. The van der Waals surface area contributed by atoms with Gasteiger partial charge in [-0.2, -0.15) is 0 Å². The van der Waals surface area contributed by atoms with E-state index in [1.807, 2.05) is 50.7 Å². The van der Waals surface area contributed by atoms with Crippen LogP contribution in [0, 0.1) is 6.92 Å². The zero-order chi connectivity index (χ0) is 14.2. The lowest BCUT2D eigenvalue weighted by Gasteiger charge is -2.12. The molecule has 0 saturated carbocycles. The molecule has 0 aliphatic rings. The summed E-state index contributed by atoms with van der Waals surface area (Å²) in [6.07, 6.45) is 0. The molecular weight excluding hydrogens is 238 g/mol. The predicted molar refractivity (Wildman–Crippen MR) is 78.5 cm³/mol. The lowest BCUT2D eigenvalue weighted by Crippen LogP contribution is -2.23. The smallest absolute Gasteiger partial charge is 0.290 e. The first-order chi connectivity index (χ1) is 8.91. The van der Waals surface area contributed by atoms with Crippen LogP contribution in [0.4, 0.5) is 5.69 Å². The van der Waals surface area contributed by atoms with Crippen LogP contribution in [0.2, 0.25) is 0 Å². The van der Waals surface area contributed by atoms with Crippen molar-refractivity contribution in [3.05, 3.63) is 51.4 Å². The minimum absolute atomic E-state index is 0.104. The van der Waals surface area contributed by atoms with Gasteiger partial charge in [0.25, 0.3) is 5.56 Å². The Morgan fingerprint density at radius 1 is 1.32 bits per heavy atom. The van der Waals surface area contributed by atoms with Crippen molar-refractivity contribution in [1.29, 1.82) is 0 Å². The standard InChI is InChI=1S/C15H21N3O/c1-10(2)14-13(16)15(19)18(17(14)4)9-12-7-5-6-11(3)8-12/h5-8,10H,9,16H2,1-4H3. The zero-order valence-corrected chi connectivity index (χ0v) is 12.0. The van der Waals surface area contributed by atoms with E-state index in [0.29, 0.717) is 12.2 Å². The average molecular weight is 259 g/mol. The van der Waals surface area contributed by atoms with Gasteiger partial charge < -0.3 is 5.73 Å². The van der Waals surface area contributed by atoms with E-state index in [1.165, 1.54) is 5.56 Å². The summed E-state index contributed by atoms with van der Waals surface area (Å²) in [6, 6.07) is 8.17. The molecule has 0 aliphatic carbocycles. The number of benzene rings is 1. The molecular formula is C15H21N3O. The van der Waals surface area contributed by atoms with Crippen LogP contribution >= 0.6 is 0 Å². The Balaban J connectivity index is 2.47. The Kier molecular flexibility index (Phi) is 3.51. The quantitative estimate of drug-likeness (QED) is 0.919. The van der Waals surface area contributed by atoms with E-state index in [0.717, 1.165) is 11.3 Å². The van der Waals surface area contributed by atoms with Crippen molar-refractivity contribution in [2.24, 2.45) is 7.05 Å². The van der Waals surface area contributed by atoms with Crippen LogP contribution in [0.5, 0.6) is 0 Å². The minimum atomic E-state index is -0.104. The number of aryl methyl sites for hydroxylation is 1. The largest absolute Gasteiger partial charge is 0.393 e. The van der Waals surface area contributed by atoms with Gasteiger partial charge in [0.15, 0.2) is 0 Å². The van der Waals surface area contributed by atoms with Gasteiger partial charge in [-0.15, -0.1) is 0 Å². The molecule has 2 aromatic rings. The highest BCUT2D eigenvalue weighted by atomic mass is 16.1. The predicted octanol–water partition coefficient (Wildman–Crippen LogP) is 2.25. The molecule has 0 amide bonds. The summed E-state index contributed by atoms with van der Waals surface area (Å²) in [5, 5.41) is 0. The third-order valence-corrected chi connectivity index (χ3v) is 3.41. The van der Waals surface area contributed by atoms with Gasteiger partial charge in [0.05, 0.1) is 12.2 Å². The molecule has 0 spiro atoms. The molecule has 4 heteroatoms. The van der Waals surface area contributed by atoms with Crippen LogP contribution in [-0.2, 0) is 13.6 Å². The third-order valence-electron chi connectivity index (χ3n) is 3.41. The van der Waals surface area contributed by atoms with E-state index >= 15 is 0 Å². The Bertz CT molecular complexity index is 650. The van der Waals surface area contributed by atoms with Gasteiger partial charge in [-0.1, -0.05) is 43.7 Å². The third kappa shape index (κ3) is 2.43. The summed E-state index contributed by atoms with van der Waals surface area (Å²) < 4.78 is 3.57. The van der Waals surface area contributed by atoms with E-state index in [1.54, 1.807) is 4.68 Å². The zero-order valence-electron chi connectivity index (χ0n) is 12.0. The SMILES string of the molecule is Cc1cccc(Cn2c(=O)c(N)c(C(C)C)n2C)c1. The van der Waals surface area contributed by atoms with Crippen LogP contribution in [0.25, 0.3) is 0 Å². The van der Waals surface area contributed by atoms with Gasteiger partial charge in [-0.3, -0.25) is 9.48 Å². The summed E-state index contributed by atoms with van der Waals surface area (Å²) in [4.78, 5) is 12.2. The number of hydrogen-bond acceptors (Lipinski definition) is 2. The molecule has 0 bridgehead atoms. The number of anilines is 1. The maximum atomic E-state index is 12.2. The molecule has 0 atom stereocenters. The fraction of sp³-hybridized carbons (Fsp3) is 0.400. The number of nitrogens with zero attached hydrogens (tertiary/aromatic N) is 2. The number of nitrogen functional groups attached to an aromatic ring is 1. The second kappa shape index (κ2) is 4.96. The summed E-state index contributed by atoms with van der Waals surface area (Å²) in [5.41, 5.74) is 9.40. The van der Waals surface area contributed by atoms with Crippen molar-refractivity contribution in [2.45, 2.75) is 33.2 Å². The lowest BCUT2D eigenvalue weighted by molar-refractivity contribution is 0.508. The van der Waals surface area contributed by atoms with E-state index in [4.69, 9.17) is 5.73 Å². The van der Waals surface area contributed by atoms with Crippen LogP contribution in [-0.4, -0.2) is 9.36 Å². The summed E-state index contributed by atoms with van der Waals surface area (Å²) in [6.45, 7) is 6.68. The molecule has 19 heavy (non-hydrogen) atoms. The molecule has 1 aromatic heterocycles. The number of rotatable bonds is 3. The molecule has 0 unspecified atom stereocenters. The van der Waals surface area contributed by atoms with Crippen molar-refractivity contribution >= 4 is 5.69 Å². The fourth-order valence-corrected chi connectivity index (χ4v) is 2.54. The van der Waals surface area contributed by atoms with Crippen LogP contribution in [0.3, 0.4) is 0 Å². The van der Waals surface area contributed by atoms with E-state index < -0.39 is 0 Å². The highest BCUT2D eigenvalue weighted by molar-refractivity contribution is 5.43. The van der Waals surface area contributed by atoms with Gasteiger partial charge in [0.1, 0.15) is 5.69 Å². The van der Waals surface area contributed by atoms with Crippen LogP contribution < -0.4 is 11.3 Å². The first kappa shape index (κ1) is 13.5. The van der Waals surface area contributed by atoms with Crippen molar-refractivity contribution in [3.8, 4) is 0 Å². The topological polar surface area (TPSA) is 52.9 Å². The van der Waals surface area contributed by atoms with Crippen LogP contribution in [0.15, 0.2) is 29.1 Å². The summed E-state index contributed by atoms with van der Waals surface area (Å²) in [7, 11) is 1.89. The van der Waals surface area contributed by atoms with Gasteiger partial charge in [0.2, 0.25) is 0 Å². The summed E-state index contributed by atoms with van der Waals surface area (Å²) in [5.74, 6) is 0.233. The molecule has 0 aliphatic heterocycles. The van der Waals surface area contributed by atoms with Crippen molar-refractivity contribution in [2.75, 3.05) is 5.73 Å². The maximum absolute atomic E-state index is 12.2. The fourth-order valence-electron chi connectivity index (χ4n) is 2.54. The van der Waals surface area contributed by atoms with Gasteiger partial charge in [-0.25, -0.2) is 4.68 Å². The molecule has 2 N–H and O–H groups in total. The molecule has 2 rings (SSSR count). The van der Waals surface area contributed by atoms with E-state index in [9.17, 15) is 4.79 Å². The normalized spacial score (nSPS) is 11.2. The van der Waals surface area contributed by atoms with Crippen LogP contribution in [0.1, 0.15) is 36.6 Å². The molecule has 102 valence electrons. The molecule has 0 radical (unpaired) electrons. The molecule has 4 nitrogen and oxygen atoms in total. The highest BCUT2D eigenvalue weighted by Crippen LogP contribution is 2.19. The Labute approximate surface area is 113 Å². The first-order valence-electron chi connectivity index (χ1n) is 6.52. The Morgan fingerprint density at radius 2 is 2.00 bits per heavy atom. The highest BCUT2D eigenvalue weighted by Gasteiger charge is 2.17. The second-order valence-corrected chi connectivity index (χ2v) is 5.33. The number of aromatic nitrogens is 2. The van der Waals surface area contributed by atoms with Gasteiger partial charge in [0, 0.05) is 7.05 Å². The first-order valence-corrected chi connectivity index (χ1v) is 6.52. The second-order valence-electron chi connectivity index (χ2n) is 5.33. The van der Waals surface area contributed by atoms with Crippen molar-refractivity contribution in [3.63, 3.8) is 0 Å². The Hall–Kier alpha value is -1.97. The van der Waals surface area contributed by atoms with Gasteiger partial charge in [-0.05, 0) is 18.4 Å². The van der Waals surface area contributed by atoms with E-state index in [2.05, 4.69) is 6.07 Å². The number of nitrogens with two attached hydrogens (primary N) is 1. The summed E-state index contributed by atoms with van der Waals surface area (Å²) >= 11 is 0. The number of hydrogen-bond donors (Lipinski definition) is 1. The van der Waals surface area contributed by atoms with E-state index in [-0.39, 0.29) is 11.5 Å². The molecule has 1 heterocycles. The molecule has 1 aromatic carbocycles. The maximum Gasteiger partial charge on any atom is 0.290 e. The molecule has 0 saturated heterocycles.